The van der Waals surface area contributed by atoms with E-state index in [0.29, 0.717) is 17.4 Å². The molecule has 1 aromatic carbocycles. The van der Waals surface area contributed by atoms with Crippen LogP contribution < -0.4 is 20.9 Å². The van der Waals surface area contributed by atoms with Crippen LogP contribution in [0.25, 0.3) is 11.3 Å². The van der Waals surface area contributed by atoms with Crippen molar-refractivity contribution in [2.24, 2.45) is 23.9 Å². The summed E-state index contributed by atoms with van der Waals surface area (Å²) in [4.78, 5) is 35.2. The van der Waals surface area contributed by atoms with E-state index in [4.69, 9.17) is 25.6 Å². The Morgan fingerprint density at radius 1 is 1.18 bits per heavy atom. The number of amides is 1. The molecule has 1 aliphatic rings. The monoisotopic (exact) mass is 662 g/mol. The Kier molecular flexibility index (Phi) is 10.8. The number of nitrogens with zero attached hydrogens (tertiary/aromatic N) is 5. The lowest BCUT2D eigenvalue weighted by Gasteiger charge is -2.50. The normalized spacial score (nSPS) is 16.4. The number of benzene rings is 1. The van der Waals surface area contributed by atoms with Gasteiger partial charge in [-0.25, -0.2) is 4.98 Å². The van der Waals surface area contributed by atoms with Crippen LogP contribution in [0, 0.1) is 5.92 Å². The van der Waals surface area contributed by atoms with E-state index in [0.717, 1.165) is 47.6 Å². The maximum absolute atomic E-state index is 13.2. The van der Waals surface area contributed by atoms with Gasteiger partial charge in [-0.1, -0.05) is 9.84 Å². The molecule has 1 aliphatic heterocycles. The van der Waals surface area contributed by atoms with E-state index in [1.807, 2.05) is 42.1 Å². The predicted molar refractivity (Wildman–Crippen MR) is 164 cm³/mol. The lowest BCUT2D eigenvalue weighted by atomic mass is 9.74. The number of carbonyl (C=O) groups excluding carboxylic acids is 2. The molecule has 1 saturated heterocycles. The van der Waals surface area contributed by atoms with Gasteiger partial charge in [0.05, 0.1) is 11.5 Å². The van der Waals surface area contributed by atoms with E-state index < -0.39 is 33.5 Å². The van der Waals surface area contributed by atoms with Gasteiger partial charge in [0, 0.05) is 35.0 Å². The number of aryl methyl sites for hydroxylation is 2. The van der Waals surface area contributed by atoms with Crippen molar-refractivity contribution >= 4 is 44.3 Å². The number of Topliss-reactive ketones (excluding diaryl/α,β-unsaturated/α-hetero) is 1. The van der Waals surface area contributed by atoms with Crippen LogP contribution in [0.2, 0.25) is 0 Å². The summed E-state index contributed by atoms with van der Waals surface area (Å²) < 4.78 is 43.1. The van der Waals surface area contributed by atoms with Crippen LogP contribution in [-0.4, -0.2) is 70.8 Å². The molecule has 17 heteroatoms. The van der Waals surface area contributed by atoms with Gasteiger partial charge in [0.1, 0.15) is 23.7 Å². The summed E-state index contributed by atoms with van der Waals surface area (Å²) in [7, 11) is -3.00. The number of unbranched alkanes of at least 4 members (excludes halogenated alkanes) is 1. The van der Waals surface area contributed by atoms with E-state index in [9.17, 15) is 18.0 Å². The molecule has 0 spiro atoms. The number of oxime groups is 1. The van der Waals surface area contributed by atoms with Crippen molar-refractivity contribution in [2.75, 3.05) is 25.5 Å². The van der Waals surface area contributed by atoms with Crippen LogP contribution in [0.3, 0.4) is 0 Å². The number of rotatable bonds is 16. The average Bonchev–Trinajstić information content (AvgIpc) is 3.42. The quantitative estimate of drug-likeness (QED) is 0.0498. The van der Waals surface area contributed by atoms with Gasteiger partial charge in [-0.05, 0) is 63.6 Å². The number of aromatic nitrogens is 3. The van der Waals surface area contributed by atoms with Gasteiger partial charge in [-0.2, -0.15) is 13.5 Å². The van der Waals surface area contributed by atoms with Crippen molar-refractivity contribution in [2.45, 2.75) is 45.1 Å². The van der Waals surface area contributed by atoms with E-state index in [2.05, 4.69) is 25.6 Å². The van der Waals surface area contributed by atoms with Crippen LogP contribution in [0.15, 0.2) is 46.9 Å². The molecule has 5 N–H and O–H groups in total. The van der Waals surface area contributed by atoms with E-state index in [1.165, 1.54) is 19.2 Å². The molecule has 1 fully saturated rings. The molecule has 15 nitrogen and oxygen atoms in total. The first kappa shape index (κ1) is 33.9. The van der Waals surface area contributed by atoms with Gasteiger partial charge in [-0.15, -0.1) is 15.6 Å². The molecule has 1 atom stereocenters. The second-order valence-electron chi connectivity index (χ2n) is 10.8. The van der Waals surface area contributed by atoms with Gasteiger partial charge >= 0.3 is 10.4 Å². The van der Waals surface area contributed by atoms with Crippen LogP contribution >= 0.6 is 11.3 Å². The molecule has 0 radical (unpaired) electrons. The zero-order valence-corrected chi connectivity index (χ0v) is 26.7. The van der Waals surface area contributed by atoms with Crippen LogP contribution in [0.4, 0.5) is 5.13 Å². The summed E-state index contributed by atoms with van der Waals surface area (Å²) in [6.45, 7) is 3.77. The van der Waals surface area contributed by atoms with Crippen molar-refractivity contribution < 1.29 is 41.1 Å². The van der Waals surface area contributed by atoms with Crippen molar-refractivity contribution in [1.29, 1.82) is 0 Å². The van der Waals surface area contributed by atoms with Crippen LogP contribution in [0.5, 0.6) is 5.75 Å². The molecule has 45 heavy (non-hydrogen) atoms. The number of carbonyl (C=O) groups is 2. The molecular formula is C28H36N7O8S2+. The topological polar surface area (TPSA) is 213 Å². The van der Waals surface area contributed by atoms with Crippen LogP contribution in [-0.2, 0) is 42.6 Å². The minimum absolute atomic E-state index is 0.00894. The minimum Gasteiger partial charge on any atom is -0.490 e. The summed E-state index contributed by atoms with van der Waals surface area (Å²) in [5.41, 5.74) is 13.0. The number of anilines is 1. The second kappa shape index (κ2) is 14.4. The third-order valence-corrected chi connectivity index (χ3v) is 8.22. The molecule has 0 unspecified atom stereocenters. The number of hydrogen-bond acceptors (Lipinski definition) is 13. The third kappa shape index (κ3) is 8.58. The van der Waals surface area contributed by atoms with E-state index in [1.54, 1.807) is 0 Å². The van der Waals surface area contributed by atoms with Crippen molar-refractivity contribution in [3.63, 3.8) is 0 Å². The Hall–Kier alpha value is -4.03. The highest BCUT2D eigenvalue weighted by molar-refractivity contribution is 7.80. The zero-order chi connectivity index (χ0) is 32.8. The van der Waals surface area contributed by atoms with Gasteiger partial charge in [0.15, 0.2) is 30.3 Å². The van der Waals surface area contributed by atoms with E-state index in [-0.39, 0.29) is 36.2 Å². The smallest absolute Gasteiger partial charge is 0.418 e. The maximum atomic E-state index is 13.2. The second-order valence-corrected chi connectivity index (χ2v) is 12.7. The molecule has 1 amide bonds. The Morgan fingerprint density at radius 2 is 1.91 bits per heavy atom. The molecule has 0 bridgehead atoms. The molecule has 0 saturated carbocycles. The molecule has 3 heterocycles. The molecule has 0 aliphatic carbocycles. The Morgan fingerprint density at radius 3 is 2.51 bits per heavy atom. The highest BCUT2D eigenvalue weighted by Crippen LogP contribution is 2.40. The fourth-order valence-corrected chi connectivity index (χ4v) is 5.71. The summed E-state index contributed by atoms with van der Waals surface area (Å²) in [5, 5.41) is 10.9. The van der Waals surface area contributed by atoms with Crippen molar-refractivity contribution in [3.05, 3.63) is 53.2 Å². The summed E-state index contributed by atoms with van der Waals surface area (Å²) >= 11 is 1.10. The average molecular weight is 663 g/mol. The Labute approximate surface area is 264 Å². The van der Waals surface area contributed by atoms with Gasteiger partial charge in [0.2, 0.25) is 5.69 Å². The number of hydrogen-bond donors (Lipinski definition) is 3. The number of hydroxylamine groups is 2. The summed E-state index contributed by atoms with van der Waals surface area (Å²) in [5.74, 6) is -1.72. The van der Waals surface area contributed by atoms with E-state index >= 15 is 0 Å². The molecule has 4 rings (SSSR count). The SMILES string of the molecule is C[n+]1nc(-c2ccc(OCCO/N=C(\C(=O)C[C@@H]3C(=O)N(OS(=O)(=O)O)C3(C)C)c3csc(N)n3)cc2)ccc1CCCCN. The van der Waals surface area contributed by atoms with Gasteiger partial charge in [-0.3, -0.25) is 14.1 Å². The first-order chi connectivity index (χ1) is 21.3. The fraction of sp³-hybridized carbons (Fsp3) is 0.429. The fourth-order valence-electron chi connectivity index (χ4n) is 4.71. The predicted octanol–water partition coefficient (Wildman–Crippen LogP) is 1.62. The number of ketones is 1. The maximum Gasteiger partial charge on any atom is 0.418 e. The summed E-state index contributed by atoms with van der Waals surface area (Å²) in [6.07, 6.45) is 2.56. The number of thiazole rings is 1. The van der Waals surface area contributed by atoms with Gasteiger partial charge < -0.3 is 21.0 Å². The number of nitrogen functional groups attached to an aromatic ring is 1. The molecule has 3 aromatic rings. The standard InChI is InChI=1S/C28H35N7O8S2/c1-28(2)21(26(37)35(28)43-45(38,39)40)16-24(36)25(23-17-44-27(30)31-23)33-42-15-14-41-20-10-7-18(8-11-20)22-12-9-19(34(3)32-22)6-4-5-13-29/h7-12,17,21H,4-6,13-16,29H2,1-3H3,(H2-,30,31,38,39,40)/p+1/b33-25-/t21-/m1/s1. The first-order valence-corrected chi connectivity index (χ1v) is 16.3. The Bertz CT molecular complexity index is 1660. The highest BCUT2D eigenvalue weighted by Gasteiger charge is 2.57. The number of ether oxygens (including phenoxy) is 1. The van der Waals surface area contributed by atoms with Crippen molar-refractivity contribution in [3.8, 4) is 17.0 Å². The van der Waals surface area contributed by atoms with Gasteiger partial charge in [0.25, 0.3) is 5.91 Å². The first-order valence-electron chi connectivity index (χ1n) is 14.1. The summed E-state index contributed by atoms with van der Waals surface area (Å²) in [6, 6.07) is 11.5. The largest absolute Gasteiger partial charge is 0.490 e. The lowest BCUT2D eigenvalue weighted by molar-refractivity contribution is -0.736. The van der Waals surface area contributed by atoms with Crippen molar-refractivity contribution in [1.82, 2.24) is 15.1 Å². The van der Waals surface area contributed by atoms with Crippen LogP contribution in [0.1, 0.15) is 44.5 Å². The highest BCUT2D eigenvalue weighted by atomic mass is 32.3. The molecule has 2 aromatic heterocycles. The number of β-lactam (4-membered cyclic amide) rings is 1. The Balaban J connectivity index is 1.33. The zero-order valence-electron chi connectivity index (χ0n) is 25.1. The molecule has 242 valence electrons. The number of nitrogens with two attached hydrogens (primary N) is 2. The molecular weight excluding hydrogens is 626 g/mol. The minimum atomic E-state index is -4.92. The lowest BCUT2D eigenvalue weighted by Crippen LogP contribution is -2.68. The third-order valence-electron chi connectivity index (χ3n) is 7.20.